The highest BCUT2D eigenvalue weighted by molar-refractivity contribution is 4.88. The Bertz CT molecular complexity index is 194. The van der Waals surface area contributed by atoms with Crippen molar-refractivity contribution in [1.29, 1.82) is 0 Å². The summed E-state index contributed by atoms with van der Waals surface area (Å²) in [6.45, 7) is 0. The van der Waals surface area contributed by atoms with Crippen LogP contribution in [0.5, 0.6) is 0 Å². The molecule has 0 spiro atoms. The van der Waals surface area contributed by atoms with Crippen molar-refractivity contribution in [2.75, 3.05) is 0 Å². The van der Waals surface area contributed by atoms with Crippen LogP contribution in [-0.2, 0) is 4.74 Å². The van der Waals surface area contributed by atoms with Crippen molar-refractivity contribution in [3.05, 3.63) is 0 Å². The molecule has 4 heteroatoms. The summed E-state index contributed by atoms with van der Waals surface area (Å²) >= 11 is 0. The zero-order valence-electron chi connectivity index (χ0n) is 8.22. The topological polar surface area (TPSA) is 35.2 Å². The van der Waals surface area contributed by atoms with E-state index < -0.39 is 5.92 Å². The van der Waals surface area contributed by atoms with Gasteiger partial charge in [-0.1, -0.05) is 0 Å². The van der Waals surface area contributed by atoms with E-state index in [0.717, 1.165) is 25.7 Å². The maximum atomic E-state index is 12.5. The van der Waals surface area contributed by atoms with Crippen molar-refractivity contribution in [3.8, 4) is 0 Å². The van der Waals surface area contributed by atoms with E-state index in [9.17, 15) is 8.78 Å². The van der Waals surface area contributed by atoms with Gasteiger partial charge in [-0.15, -0.1) is 0 Å². The van der Waals surface area contributed by atoms with Gasteiger partial charge in [0.15, 0.2) is 0 Å². The number of halogens is 2. The van der Waals surface area contributed by atoms with E-state index in [1.54, 1.807) is 0 Å². The normalized spacial score (nSPS) is 37.9. The molecule has 14 heavy (non-hydrogen) atoms. The van der Waals surface area contributed by atoms with Gasteiger partial charge < -0.3 is 10.5 Å². The number of alkyl halides is 2. The third-order valence-electron chi connectivity index (χ3n) is 3.16. The van der Waals surface area contributed by atoms with Crippen LogP contribution in [0.15, 0.2) is 0 Å². The van der Waals surface area contributed by atoms with Crippen molar-refractivity contribution in [2.45, 2.75) is 62.7 Å². The molecule has 2 aliphatic rings. The van der Waals surface area contributed by atoms with E-state index >= 15 is 0 Å². The van der Waals surface area contributed by atoms with E-state index in [-0.39, 0.29) is 31.1 Å². The minimum absolute atomic E-state index is 0.0877. The highest BCUT2D eigenvalue weighted by atomic mass is 19.3. The van der Waals surface area contributed by atoms with Crippen molar-refractivity contribution in [1.82, 2.24) is 0 Å². The van der Waals surface area contributed by atoms with Crippen molar-refractivity contribution in [3.63, 3.8) is 0 Å². The van der Waals surface area contributed by atoms with Crippen LogP contribution in [0.1, 0.15) is 38.5 Å². The Labute approximate surface area is 82.8 Å². The fraction of sp³-hybridized carbons (Fsp3) is 1.00. The first-order chi connectivity index (χ1) is 6.55. The van der Waals surface area contributed by atoms with Gasteiger partial charge in [-0.25, -0.2) is 8.78 Å². The Kier molecular flexibility index (Phi) is 2.75. The molecule has 0 heterocycles. The van der Waals surface area contributed by atoms with Crippen LogP contribution in [0.2, 0.25) is 0 Å². The lowest BCUT2D eigenvalue weighted by atomic mass is 9.89. The second kappa shape index (κ2) is 3.74. The van der Waals surface area contributed by atoms with Gasteiger partial charge in [0, 0.05) is 18.9 Å². The molecule has 2 N–H and O–H groups in total. The summed E-state index contributed by atoms with van der Waals surface area (Å²) in [5.74, 6) is -2.46. The Balaban J connectivity index is 1.67. The van der Waals surface area contributed by atoms with E-state index in [2.05, 4.69) is 0 Å². The van der Waals surface area contributed by atoms with Crippen molar-refractivity contribution in [2.24, 2.45) is 5.73 Å². The minimum Gasteiger partial charge on any atom is -0.375 e. The first kappa shape index (κ1) is 10.3. The van der Waals surface area contributed by atoms with Crippen molar-refractivity contribution >= 4 is 0 Å². The molecule has 0 bridgehead atoms. The Hall–Kier alpha value is -0.220. The average molecular weight is 205 g/mol. The zero-order valence-corrected chi connectivity index (χ0v) is 8.22. The molecule has 0 aromatic rings. The highest BCUT2D eigenvalue weighted by Crippen LogP contribution is 2.40. The van der Waals surface area contributed by atoms with Crippen LogP contribution in [-0.4, -0.2) is 24.2 Å². The molecule has 2 rings (SSSR count). The molecule has 0 amide bonds. The largest absolute Gasteiger partial charge is 0.375 e. The van der Waals surface area contributed by atoms with Crippen LogP contribution >= 0.6 is 0 Å². The monoisotopic (exact) mass is 205 g/mol. The lowest BCUT2D eigenvalue weighted by Crippen LogP contribution is -2.44. The van der Waals surface area contributed by atoms with Crippen LogP contribution in [0, 0.1) is 0 Å². The molecule has 2 fully saturated rings. The third-order valence-corrected chi connectivity index (χ3v) is 3.16. The average Bonchev–Trinajstić information content (AvgIpc) is 2.06. The van der Waals surface area contributed by atoms with Gasteiger partial charge in [-0.05, 0) is 25.7 Å². The van der Waals surface area contributed by atoms with Gasteiger partial charge in [0.05, 0.1) is 12.2 Å². The summed E-state index contributed by atoms with van der Waals surface area (Å²) < 4.78 is 30.6. The summed E-state index contributed by atoms with van der Waals surface area (Å²) in [6.07, 6.45) is 3.60. The molecule has 2 aliphatic carbocycles. The minimum atomic E-state index is -2.46. The molecule has 2 nitrogen and oxygen atoms in total. The van der Waals surface area contributed by atoms with Gasteiger partial charge in [-0.3, -0.25) is 0 Å². The molecule has 0 unspecified atom stereocenters. The van der Waals surface area contributed by atoms with Gasteiger partial charge in [0.1, 0.15) is 0 Å². The van der Waals surface area contributed by atoms with Gasteiger partial charge in [0.25, 0.3) is 5.92 Å². The van der Waals surface area contributed by atoms with Crippen LogP contribution < -0.4 is 5.73 Å². The molecule has 0 aromatic carbocycles. The van der Waals surface area contributed by atoms with E-state index in [1.165, 1.54) is 0 Å². The van der Waals surface area contributed by atoms with Gasteiger partial charge >= 0.3 is 0 Å². The fourth-order valence-electron chi connectivity index (χ4n) is 2.20. The van der Waals surface area contributed by atoms with E-state index in [0.29, 0.717) is 0 Å². The van der Waals surface area contributed by atoms with Gasteiger partial charge in [-0.2, -0.15) is 0 Å². The molecule has 0 aromatic heterocycles. The van der Waals surface area contributed by atoms with Crippen LogP contribution in [0.3, 0.4) is 0 Å². The number of hydrogen-bond donors (Lipinski definition) is 1. The maximum Gasteiger partial charge on any atom is 0.253 e. The molecule has 0 radical (unpaired) electrons. The smallest absolute Gasteiger partial charge is 0.253 e. The summed E-state index contributed by atoms with van der Waals surface area (Å²) in [5, 5.41) is 0. The van der Waals surface area contributed by atoms with Gasteiger partial charge in [0.2, 0.25) is 0 Å². The second-order valence-corrected chi connectivity index (χ2v) is 4.56. The predicted octanol–water partition coefficient (Wildman–Crippen LogP) is 2.07. The molecule has 82 valence electrons. The third kappa shape index (κ3) is 2.42. The standard InChI is InChI=1S/C10H17F2NO/c11-10(12)5-9(6-10)14-8-3-1-7(13)2-4-8/h7-9H,1-6,13H2. The summed E-state index contributed by atoms with van der Waals surface area (Å²) in [4.78, 5) is 0. The Morgan fingerprint density at radius 2 is 1.57 bits per heavy atom. The highest BCUT2D eigenvalue weighted by Gasteiger charge is 2.46. The lowest BCUT2D eigenvalue weighted by Gasteiger charge is -2.38. The first-order valence-electron chi connectivity index (χ1n) is 5.34. The summed E-state index contributed by atoms with van der Waals surface area (Å²) in [5.41, 5.74) is 5.74. The zero-order chi connectivity index (χ0) is 10.2. The molecule has 2 saturated carbocycles. The quantitative estimate of drug-likeness (QED) is 0.749. The van der Waals surface area contributed by atoms with Crippen LogP contribution in [0.25, 0.3) is 0 Å². The summed E-state index contributed by atoms with van der Waals surface area (Å²) in [6, 6.07) is 0.290. The first-order valence-corrected chi connectivity index (χ1v) is 5.34. The van der Waals surface area contributed by atoms with Crippen LogP contribution in [0.4, 0.5) is 8.78 Å². The molecular formula is C10H17F2NO. The number of rotatable bonds is 2. The number of nitrogens with two attached hydrogens (primary N) is 1. The SMILES string of the molecule is NC1CCC(OC2CC(F)(F)C2)CC1. The van der Waals surface area contributed by atoms with Crippen molar-refractivity contribution < 1.29 is 13.5 Å². The second-order valence-electron chi connectivity index (χ2n) is 4.56. The summed E-state index contributed by atoms with van der Waals surface area (Å²) in [7, 11) is 0. The maximum absolute atomic E-state index is 12.5. The molecule has 0 saturated heterocycles. The lowest BCUT2D eigenvalue weighted by molar-refractivity contribution is -0.185. The Morgan fingerprint density at radius 3 is 2.07 bits per heavy atom. The number of hydrogen-bond acceptors (Lipinski definition) is 2. The van der Waals surface area contributed by atoms with E-state index in [1.807, 2.05) is 0 Å². The van der Waals surface area contributed by atoms with E-state index in [4.69, 9.17) is 10.5 Å². The predicted molar refractivity (Wildman–Crippen MR) is 49.3 cm³/mol. The number of ether oxygens (including phenoxy) is 1. The molecule has 0 atom stereocenters. The fourth-order valence-corrected chi connectivity index (χ4v) is 2.20. The molecule has 0 aliphatic heterocycles. The molecular weight excluding hydrogens is 188 g/mol. The Morgan fingerprint density at radius 1 is 1.00 bits per heavy atom.